The third-order valence-corrected chi connectivity index (χ3v) is 2.66. The Hall–Kier alpha value is -1.00. The van der Waals surface area contributed by atoms with E-state index in [0.717, 1.165) is 6.08 Å². The number of hydrogen-bond acceptors (Lipinski definition) is 2. The van der Waals surface area contributed by atoms with E-state index in [0.29, 0.717) is 18.9 Å². The number of rotatable bonds is 6. The van der Waals surface area contributed by atoms with Gasteiger partial charge in [-0.25, -0.2) is 0 Å². The Kier molecular flexibility index (Phi) is 6.43. The lowest BCUT2D eigenvalue weighted by molar-refractivity contribution is -0.109. The molecule has 0 aliphatic heterocycles. The molecule has 0 radical (unpaired) electrons. The van der Waals surface area contributed by atoms with Gasteiger partial charge in [-0.2, -0.15) is 13.2 Å². The van der Waals surface area contributed by atoms with Crippen LogP contribution in [-0.4, -0.2) is 30.4 Å². The predicted octanol–water partition coefficient (Wildman–Crippen LogP) is 4.09. The van der Waals surface area contributed by atoms with Gasteiger partial charge in [0, 0.05) is 19.3 Å². The fourth-order valence-electron chi connectivity index (χ4n) is 1.29. The van der Waals surface area contributed by atoms with Crippen LogP contribution in [0.1, 0.15) is 34.1 Å². The van der Waals surface area contributed by atoms with Gasteiger partial charge in [0.2, 0.25) is 0 Å². The van der Waals surface area contributed by atoms with Gasteiger partial charge in [0.25, 0.3) is 0 Å². The fourth-order valence-corrected chi connectivity index (χ4v) is 1.29. The van der Waals surface area contributed by atoms with E-state index in [9.17, 15) is 13.2 Å². The van der Waals surface area contributed by atoms with Crippen LogP contribution in [0.3, 0.4) is 0 Å². The summed E-state index contributed by atoms with van der Waals surface area (Å²) in [7, 11) is 1.43. The smallest absolute Gasteiger partial charge is 0.371 e. The van der Waals surface area contributed by atoms with Crippen molar-refractivity contribution in [2.24, 2.45) is 11.8 Å². The zero-order valence-corrected chi connectivity index (χ0v) is 11.7. The molecule has 0 amide bonds. The molecule has 0 aliphatic carbocycles. The maximum absolute atomic E-state index is 12.9. The maximum atomic E-state index is 12.9. The number of allylic oxidation sites excluding steroid dienone is 2. The molecule has 0 aromatic rings. The minimum Gasteiger partial charge on any atom is -0.371 e. The first-order valence-corrected chi connectivity index (χ1v) is 6.14. The topological polar surface area (TPSA) is 27.1 Å². The Bertz CT molecular complexity index is 304. The molecule has 0 aromatic heterocycles. The summed E-state index contributed by atoms with van der Waals surface area (Å²) < 4.78 is 38.7. The molecule has 0 rings (SSSR count). The molecule has 0 bridgehead atoms. The van der Waals surface area contributed by atoms with Gasteiger partial charge in [-0.3, -0.25) is 0 Å². The van der Waals surface area contributed by atoms with E-state index in [4.69, 9.17) is 5.41 Å². The van der Waals surface area contributed by atoms with Crippen molar-refractivity contribution in [3.05, 3.63) is 11.8 Å². The van der Waals surface area contributed by atoms with Crippen LogP contribution in [0.2, 0.25) is 0 Å². The maximum Gasteiger partial charge on any atom is 0.431 e. The second kappa shape index (κ2) is 6.81. The number of nitrogens with one attached hydrogen (secondary N) is 1. The Morgan fingerprint density at radius 2 is 1.72 bits per heavy atom. The van der Waals surface area contributed by atoms with Crippen molar-refractivity contribution in [3.8, 4) is 0 Å². The van der Waals surface area contributed by atoms with Gasteiger partial charge in [0.15, 0.2) is 0 Å². The molecule has 0 heterocycles. The van der Waals surface area contributed by atoms with Crippen LogP contribution >= 0.6 is 0 Å². The lowest BCUT2D eigenvalue weighted by Crippen LogP contribution is -2.31. The normalized spacial score (nSPS) is 13.3. The SMILES string of the molecule is CC(C)CCN(C)/C(=C\C(=N)C(C)C)C(F)(F)F. The second-order valence-corrected chi connectivity index (χ2v) is 5.24. The molecular formula is C13H23F3N2. The van der Waals surface area contributed by atoms with Crippen molar-refractivity contribution in [1.29, 1.82) is 5.41 Å². The Balaban J connectivity index is 4.96. The molecule has 0 fully saturated rings. The summed E-state index contributed by atoms with van der Waals surface area (Å²) in [6.07, 6.45) is -2.78. The van der Waals surface area contributed by atoms with Crippen molar-refractivity contribution in [1.82, 2.24) is 4.90 Å². The Morgan fingerprint density at radius 3 is 2.06 bits per heavy atom. The van der Waals surface area contributed by atoms with E-state index in [1.807, 2.05) is 13.8 Å². The number of halogens is 3. The zero-order chi connectivity index (χ0) is 14.5. The summed E-state index contributed by atoms with van der Waals surface area (Å²) in [6.45, 7) is 7.71. The molecule has 2 nitrogen and oxygen atoms in total. The number of alkyl halides is 3. The predicted molar refractivity (Wildman–Crippen MR) is 68.8 cm³/mol. The first kappa shape index (κ1) is 17.0. The van der Waals surface area contributed by atoms with Crippen molar-refractivity contribution in [2.45, 2.75) is 40.3 Å². The summed E-state index contributed by atoms with van der Waals surface area (Å²) in [4.78, 5) is 1.19. The zero-order valence-electron chi connectivity index (χ0n) is 11.7. The Morgan fingerprint density at radius 1 is 1.22 bits per heavy atom. The van der Waals surface area contributed by atoms with E-state index in [-0.39, 0.29) is 11.6 Å². The standard InChI is InChI=1S/C13H23F3N2/c1-9(2)6-7-18(5)12(13(14,15)16)8-11(17)10(3)4/h8-10,17H,6-7H2,1-5H3/b12-8-,17-11?. The lowest BCUT2D eigenvalue weighted by Gasteiger charge is -2.25. The molecule has 0 unspecified atom stereocenters. The highest BCUT2D eigenvalue weighted by Gasteiger charge is 2.36. The van der Waals surface area contributed by atoms with Crippen LogP contribution in [0, 0.1) is 17.2 Å². The van der Waals surface area contributed by atoms with Gasteiger partial charge in [-0.05, 0) is 24.3 Å². The third kappa shape index (κ3) is 6.07. The van der Waals surface area contributed by atoms with Gasteiger partial charge in [-0.15, -0.1) is 0 Å². The summed E-state index contributed by atoms with van der Waals surface area (Å²) in [5.41, 5.74) is -0.736. The molecule has 0 saturated carbocycles. The molecule has 0 spiro atoms. The highest BCUT2D eigenvalue weighted by molar-refractivity contribution is 5.94. The fraction of sp³-hybridized carbons (Fsp3) is 0.769. The van der Waals surface area contributed by atoms with E-state index in [2.05, 4.69) is 0 Å². The van der Waals surface area contributed by atoms with Gasteiger partial charge in [-0.1, -0.05) is 27.7 Å². The minimum atomic E-state index is -4.41. The van der Waals surface area contributed by atoms with Crippen LogP contribution in [-0.2, 0) is 0 Å². The average molecular weight is 264 g/mol. The van der Waals surface area contributed by atoms with Crippen LogP contribution in [0.15, 0.2) is 11.8 Å². The van der Waals surface area contributed by atoms with Crippen LogP contribution < -0.4 is 0 Å². The van der Waals surface area contributed by atoms with Gasteiger partial charge in [0.1, 0.15) is 5.70 Å². The van der Waals surface area contributed by atoms with Crippen molar-refractivity contribution >= 4 is 5.71 Å². The highest BCUT2D eigenvalue weighted by Crippen LogP contribution is 2.28. The van der Waals surface area contributed by atoms with Gasteiger partial charge >= 0.3 is 6.18 Å². The van der Waals surface area contributed by atoms with Crippen molar-refractivity contribution in [3.63, 3.8) is 0 Å². The largest absolute Gasteiger partial charge is 0.431 e. The van der Waals surface area contributed by atoms with Crippen LogP contribution in [0.4, 0.5) is 13.2 Å². The first-order chi connectivity index (χ1) is 8.05. The summed E-state index contributed by atoms with van der Waals surface area (Å²) in [5, 5.41) is 7.56. The quantitative estimate of drug-likeness (QED) is 0.719. The minimum absolute atomic E-state index is 0.00118. The molecular weight excluding hydrogens is 241 g/mol. The lowest BCUT2D eigenvalue weighted by atomic mass is 10.1. The molecule has 0 saturated heterocycles. The van der Waals surface area contributed by atoms with Crippen LogP contribution in [0.5, 0.6) is 0 Å². The summed E-state index contributed by atoms with van der Waals surface area (Å²) >= 11 is 0. The molecule has 0 aromatic carbocycles. The first-order valence-electron chi connectivity index (χ1n) is 6.14. The van der Waals surface area contributed by atoms with Crippen LogP contribution in [0.25, 0.3) is 0 Å². The highest BCUT2D eigenvalue weighted by atomic mass is 19.4. The van der Waals surface area contributed by atoms with Crippen molar-refractivity contribution < 1.29 is 13.2 Å². The number of nitrogens with zero attached hydrogens (tertiary/aromatic N) is 1. The summed E-state index contributed by atoms with van der Waals surface area (Å²) in [6, 6.07) is 0. The summed E-state index contributed by atoms with van der Waals surface area (Å²) in [5.74, 6) is 0.146. The molecule has 0 aliphatic rings. The van der Waals surface area contributed by atoms with E-state index in [1.165, 1.54) is 11.9 Å². The van der Waals surface area contributed by atoms with Gasteiger partial charge in [0.05, 0.1) is 0 Å². The molecule has 5 heteroatoms. The third-order valence-electron chi connectivity index (χ3n) is 2.66. The second-order valence-electron chi connectivity index (χ2n) is 5.24. The van der Waals surface area contributed by atoms with E-state index >= 15 is 0 Å². The van der Waals surface area contributed by atoms with Gasteiger partial charge < -0.3 is 10.3 Å². The Labute approximate surface area is 107 Å². The molecule has 106 valence electrons. The monoisotopic (exact) mass is 264 g/mol. The molecule has 1 N–H and O–H groups in total. The average Bonchev–Trinajstić information content (AvgIpc) is 2.20. The molecule has 18 heavy (non-hydrogen) atoms. The van der Waals surface area contributed by atoms with Crippen molar-refractivity contribution in [2.75, 3.05) is 13.6 Å². The van der Waals surface area contributed by atoms with E-state index < -0.39 is 11.9 Å². The van der Waals surface area contributed by atoms with E-state index in [1.54, 1.807) is 13.8 Å². The molecule has 0 atom stereocenters. The number of hydrogen-bond donors (Lipinski definition) is 1.